The van der Waals surface area contributed by atoms with Crippen molar-refractivity contribution < 1.29 is 23.8 Å². The van der Waals surface area contributed by atoms with E-state index in [1.54, 1.807) is 11.0 Å². The van der Waals surface area contributed by atoms with Crippen LogP contribution < -0.4 is 20.1 Å². The zero-order valence-corrected chi connectivity index (χ0v) is 14.1. The molecule has 0 aromatic heterocycles. The van der Waals surface area contributed by atoms with Crippen molar-refractivity contribution in [2.75, 3.05) is 26.5 Å². The molecule has 2 atom stereocenters. The van der Waals surface area contributed by atoms with Gasteiger partial charge in [-0.2, -0.15) is 0 Å². The van der Waals surface area contributed by atoms with E-state index in [1.807, 2.05) is 12.1 Å². The Hall–Kier alpha value is -2.74. The Labute approximate surface area is 150 Å². The van der Waals surface area contributed by atoms with E-state index in [1.165, 1.54) is 0 Å². The van der Waals surface area contributed by atoms with E-state index in [9.17, 15) is 9.59 Å². The van der Waals surface area contributed by atoms with E-state index in [0.29, 0.717) is 35.9 Å². The van der Waals surface area contributed by atoms with Gasteiger partial charge in [-0.25, -0.2) is 4.79 Å². The molecule has 4 aliphatic heterocycles. The van der Waals surface area contributed by atoms with Crippen molar-refractivity contribution in [1.29, 1.82) is 0 Å². The predicted octanol–water partition coefficient (Wildman–Crippen LogP) is 1.04. The first-order valence-electron chi connectivity index (χ1n) is 8.80. The Bertz CT molecular complexity index is 815. The van der Waals surface area contributed by atoms with Gasteiger partial charge in [0, 0.05) is 13.2 Å². The lowest BCUT2D eigenvalue weighted by Gasteiger charge is -2.25. The van der Waals surface area contributed by atoms with E-state index in [0.717, 1.165) is 25.0 Å². The van der Waals surface area contributed by atoms with Gasteiger partial charge >= 0.3 is 6.03 Å². The summed E-state index contributed by atoms with van der Waals surface area (Å²) in [6.07, 6.45) is 2.07. The summed E-state index contributed by atoms with van der Waals surface area (Å²) in [5, 5.41) is 5.64. The van der Waals surface area contributed by atoms with Gasteiger partial charge in [0.1, 0.15) is 0 Å². The molecule has 0 unspecified atom stereocenters. The Morgan fingerprint density at radius 1 is 1.19 bits per heavy atom. The highest BCUT2D eigenvalue weighted by molar-refractivity contribution is 6.01. The minimum Gasteiger partial charge on any atom is -0.454 e. The number of ether oxygens (including phenoxy) is 3. The van der Waals surface area contributed by atoms with Crippen molar-refractivity contribution in [3.63, 3.8) is 0 Å². The molecule has 1 saturated heterocycles. The number of hydrogen-bond acceptors (Lipinski definition) is 5. The lowest BCUT2D eigenvalue weighted by Crippen LogP contribution is -2.44. The van der Waals surface area contributed by atoms with Crippen molar-refractivity contribution >= 4 is 11.9 Å². The topological polar surface area (TPSA) is 89.1 Å². The Morgan fingerprint density at radius 3 is 2.92 bits per heavy atom. The van der Waals surface area contributed by atoms with Gasteiger partial charge in [0.25, 0.3) is 5.91 Å². The van der Waals surface area contributed by atoms with E-state index in [2.05, 4.69) is 10.6 Å². The van der Waals surface area contributed by atoms with Crippen molar-refractivity contribution in [2.45, 2.75) is 25.0 Å². The van der Waals surface area contributed by atoms with Crippen LogP contribution in [-0.4, -0.2) is 49.4 Å². The van der Waals surface area contributed by atoms with Crippen LogP contribution >= 0.6 is 0 Å². The Morgan fingerprint density at radius 2 is 2.08 bits per heavy atom. The standard InChI is InChI=1S/C18H19N3O5/c22-17-15-12(8-21(17)7-11-2-1-5-24-11)19-18(23)20-16(15)10-3-4-13-14(6-10)26-9-25-13/h3-4,6,11,16H,1-2,5,7-9H2,(H2,19,20,23)/t11-,16-/m1/s1. The van der Waals surface area contributed by atoms with Crippen LogP contribution in [0.3, 0.4) is 0 Å². The van der Waals surface area contributed by atoms with Crippen LogP contribution in [0.15, 0.2) is 29.5 Å². The van der Waals surface area contributed by atoms with Gasteiger partial charge in [-0.05, 0) is 30.5 Å². The van der Waals surface area contributed by atoms with E-state index < -0.39 is 6.04 Å². The van der Waals surface area contributed by atoms with Crippen LogP contribution in [-0.2, 0) is 9.53 Å². The molecule has 0 bridgehead atoms. The van der Waals surface area contributed by atoms with Crippen LogP contribution in [0.1, 0.15) is 24.4 Å². The van der Waals surface area contributed by atoms with Crippen molar-refractivity contribution in [1.82, 2.24) is 15.5 Å². The molecule has 8 nitrogen and oxygen atoms in total. The molecule has 0 spiro atoms. The van der Waals surface area contributed by atoms with Crippen molar-refractivity contribution in [3.8, 4) is 11.5 Å². The maximum atomic E-state index is 13.0. The fourth-order valence-electron chi connectivity index (χ4n) is 3.95. The summed E-state index contributed by atoms with van der Waals surface area (Å²) in [4.78, 5) is 26.9. The summed E-state index contributed by atoms with van der Waals surface area (Å²) in [5.74, 6) is 1.23. The second-order valence-electron chi connectivity index (χ2n) is 6.86. The van der Waals surface area contributed by atoms with Gasteiger partial charge in [-0.15, -0.1) is 0 Å². The summed E-state index contributed by atoms with van der Waals surface area (Å²) >= 11 is 0. The molecular formula is C18H19N3O5. The molecule has 0 aliphatic carbocycles. The molecule has 4 heterocycles. The molecule has 3 amide bonds. The first-order chi connectivity index (χ1) is 12.7. The van der Waals surface area contributed by atoms with Gasteiger partial charge in [-0.3, -0.25) is 4.79 Å². The normalized spacial score (nSPS) is 26.8. The number of amides is 3. The van der Waals surface area contributed by atoms with Gasteiger partial charge in [-0.1, -0.05) is 6.07 Å². The second-order valence-corrected chi connectivity index (χ2v) is 6.86. The Kier molecular flexibility index (Phi) is 3.53. The molecule has 136 valence electrons. The molecule has 5 rings (SSSR count). The number of hydrogen-bond donors (Lipinski definition) is 2. The molecule has 1 aromatic carbocycles. The van der Waals surface area contributed by atoms with Crippen molar-refractivity contribution in [2.24, 2.45) is 0 Å². The second kappa shape index (κ2) is 5.91. The highest BCUT2D eigenvalue weighted by Gasteiger charge is 2.41. The SMILES string of the molecule is O=C1NC2=C(C(=O)N(C[C@H]3CCCO3)C2)[C@@H](c2ccc3c(c2)OCO3)N1. The van der Waals surface area contributed by atoms with Gasteiger partial charge in [0.2, 0.25) is 6.79 Å². The van der Waals surface area contributed by atoms with Crippen LogP contribution in [0.4, 0.5) is 4.79 Å². The first-order valence-corrected chi connectivity index (χ1v) is 8.80. The molecule has 26 heavy (non-hydrogen) atoms. The first kappa shape index (κ1) is 15.5. The summed E-state index contributed by atoms with van der Waals surface area (Å²) in [5.41, 5.74) is 2.05. The molecule has 1 fully saturated rings. The highest BCUT2D eigenvalue weighted by atomic mass is 16.7. The number of nitrogens with one attached hydrogen (secondary N) is 2. The number of rotatable bonds is 3. The van der Waals surface area contributed by atoms with Crippen molar-refractivity contribution in [3.05, 3.63) is 35.0 Å². The lowest BCUT2D eigenvalue weighted by atomic mass is 9.96. The average molecular weight is 357 g/mol. The average Bonchev–Trinajstić information content (AvgIpc) is 3.35. The molecule has 8 heteroatoms. The summed E-state index contributed by atoms with van der Waals surface area (Å²) in [6.45, 7) is 1.88. The molecular weight excluding hydrogens is 338 g/mol. The Balaban J connectivity index is 1.43. The fourth-order valence-corrected chi connectivity index (χ4v) is 3.95. The van der Waals surface area contributed by atoms with E-state index in [-0.39, 0.29) is 24.8 Å². The summed E-state index contributed by atoms with van der Waals surface area (Å²) in [6, 6.07) is 4.66. The minimum atomic E-state index is -0.504. The van der Waals surface area contributed by atoms with Gasteiger partial charge < -0.3 is 29.7 Å². The van der Waals surface area contributed by atoms with Gasteiger partial charge in [0.15, 0.2) is 11.5 Å². The number of fused-ring (bicyclic) bond motifs is 1. The molecule has 0 saturated carbocycles. The predicted molar refractivity (Wildman–Crippen MR) is 89.6 cm³/mol. The third-order valence-corrected chi connectivity index (χ3v) is 5.20. The van der Waals surface area contributed by atoms with E-state index >= 15 is 0 Å². The number of nitrogens with zero attached hydrogens (tertiary/aromatic N) is 1. The van der Waals surface area contributed by atoms with Crippen LogP contribution in [0.25, 0.3) is 0 Å². The minimum absolute atomic E-state index is 0.0642. The molecule has 1 aromatic rings. The molecule has 2 N–H and O–H groups in total. The maximum absolute atomic E-state index is 13.0. The lowest BCUT2D eigenvalue weighted by molar-refractivity contribution is -0.127. The van der Waals surface area contributed by atoms with Crippen LogP contribution in [0.5, 0.6) is 11.5 Å². The number of urea groups is 1. The quantitative estimate of drug-likeness (QED) is 0.844. The smallest absolute Gasteiger partial charge is 0.319 e. The third-order valence-electron chi connectivity index (χ3n) is 5.20. The number of benzene rings is 1. The maximum Gasteiger partial charge on any atom is 0.319 e. The summed E-state index contributed by atoms with van der Waals surface area (Å²) < 4.78 is 16.4. The zero-order chi connectivity index (χ0) is 17.7. The zero-order valence-electron chi connectivity index (χ0n) is 14.1. The third kappa shape index (κ3) is 2.48. The summed E-state index contributed by atoms with van der Waals surface area (Å²) in [7, 11) is 0. The number of carbonyl (C=O) groups excluding carboxylic acids is 2. The van der Waals surface area contributed by atoms with Crippen LogP contribution in [0.2, 0.25) is 0 Å². The van der Waals surface area contributed by atoms with E-state index in [4.69, 9.17) is 14.2 Å². The molecule has 0 radical (unpaired) electrons. The van der Waals surface area contributed by atoms with Crippen LogP contribution in [0, 0.1) is 0 Å². The highest BCUT2D eigenvalue weighted by Crippen LogP contribution is 2.38. The fraction of sp³-hybridized carbons (Fsp3) is 0.444. The van der Waals surface area contributed by atoms with Gasteiger partial charge in [0.05, 0.1) is 30.0 Å². The monoisotopic (exact) mass is 357 g/mol. The number of carbonyl (C=O) groups is 2. The largest absolute Gasteiger partial charge is 0.454 e. The molecule has 4 aliphatic rings.